The molecule has 2 aromatic carbocycles. The molecule has 0 unspecified atom stereocenters. The molecule has 0 aromatic heterocycles. The average Bonchev–Trinajstić information content (AvgIpc) is 2.32. The standard InChI is InChI=1S/C14H12O2Se/c1-11(15)16-13-9-5-6-10-14(13)17-12-7-3-2-4-8-12/h2-10H,1H3. The van der Waals surface area contributed by atoms with Crippen molar-refractivity contribution in [1.82, 2.24) is 0 Å². The van der Waals surface area contributed by atoms with Crippen molar-refractivity contribution in [2.75, 3.05) is 0 Å². The van der Waals surface area contributed by atoms with Crippen LogP contribution in [-0.4, -0.2) is 20.9 Å². The molecule has 86 valence electrons. The van der Waals surface area contributed by atoms with Gasteiger partial charge in [0.05, 0.1) is 0 Å². The van der Waals surface area contributed by atoms with Crippen molar-refractivity contribution in [2.24, 2.45) is 0 Å². The Morgan fingerprint density at radius 2 is 1.65 bits per heavy atom. The van der Waals surface area contributed by atoms with Gasteiger partial charge in [-0.15, -0.1) is 0 Å². The molecule has 0 fully saturated rings. The van der Waals surface area contributed by atoms with Crippen molar-refractivity contribution in [3.63, 3.8) is 0 Å². The van der Waals surface area contributed by atoms with Gasteiger partial charge in [-0.3, -0.25) is 0 Å². The first-order valence-corrected chi connectivity index (χ1v) is 6.97. The van der Waals surface area contributed by atoms with Crippen LogP contribution in [0.2, 0.25) is 0 Å². The minimum atomic E-state index is -0.277. The summed E-state index contributed by atoms with van der Waals surface area (Å²) in [7, 11) is 0. The van der Waals surface area contributed by atoms with E-state index in [-0.39, 0.29) is 20.9 Å². The van der Waals surface area contributed by atoms with Gasteiger partial charge in [0.1, 0.15) is 0 Å². The van der Waals surface area contributed by atoms with Crippen molar-refractivity contribution in [2.45, 2.75) is 6.92 Å². The Hall–Kier alpha value is -1.57. The molecule has 0 radical (unpaired) electrons. The van der Waals surface area contributed by atoms with Gasteiger partial charge in [0, 0.05) is 0 Å². The van der Waals surface area contributed by atoms with Crippen molar-refractivity contribution < 1.29 is 9.53 Å². The van der Waals surface area contributed by atoms with Crippen LogP contribution in [0.5, 0.6) is 5.75 Å². The number of hydrogen-bond donors (Lipinski definition) is 0. The maximum atomic E-state index is 11.0. The van der Waals surface area contributed by atoms with Gasteiger partial charge in [0.25, 0.3) is 0 Å². The van der Waals surface area contributed by atoms with Crippen molar-refractivity contribution in [3.05, 3.63) is 54.6 Å². The van der Waals surface area contributed by atoms with E-state index in [4.69, 9.17) is 4.74 Å². The quantitative estimate of drug-likeness (QED) is 0.483. The van der Waals surface area contributed by atoms with Crippen LogP contribution >= 0.6 is 0 Å². The normalized spacial score (nSPS) is 9.94. The van der Waals surface area contributed by atoms with E-state index in [0.717, 1.165) is 4.46 Å². The summed E-state index contributed by atoms with van der Waals surface area (Å²) in [5, 5.41) is 0. The Labute approximate surface area is 107 Å². The van der Waals surface area contributed by atoms with Crippen molar-refractivity contribution in [1.29, 1.82) is 0 Å². The number of ether oxygens (including phenoxy) is 1. The summed E-state index contributed by atoms with van der Waals surface area (Å²) in [4.78, 5) is 11.0. The molecule has 0 bridgehead atoms. The van der Waals surface area contributed by atoms with E-state index in [9.17, 15) is 4.79 Å². The Bertz CT molecular complexity index is 509. The zero-order valence-corrected chi connectivity index (χ0v) is 11.1. The number of rotatable bonds is 3. The SMILES string of the molecule is CC(=O)Oc1ccccc1[Se]c1ccccc1. The van der Waals surface area contributed by atoms with Crippen LogP contribution in [0.15, 0.2) is 54.6 Å². The van der Waals surface area contributed by atoms with E-state index in [1.54, 1.807) is 0 Å². The Morgan fingerprint density at radius 1 is 1.00 bits per heavy atom. The number of benzene rings is 2. The molecule has 0 aliphatic rings. The summed E-state index contributed by atoms with van der Waals surface area (Å²) >= 11 is 0.160. The molecule has 0 spiro atoms. The van der Waals surface area contributed by atoms with Gasteiger partial charge in [-0.05, 0) is 0 Å². The fraction of sp³-hybridized carbons (Fsp3) is 0.0714. The number of hydrogen-bond acceptors (Lipinski definition) is 2. The molecule has 0 atom stereocenters. The molecule has 0 aliphatic heterocycles. The first-order chi connectivity index (χ1) is 8.25. The fourth-order valence-electron chi connectivity index (χ4n) is 1.39. The van der Waals surface area contributed by atoms with Crippen LogP contribution in [0.4, 0.5) is 0 Å². The van der Waals surface area contributed by atoms with Crippen LogP contribution in [0, 0.1) is 0 Å². The first-order valence-electron chi connectivity index (χ1n) is 5.26. The molecule has 2 rings (SSSR count). The summed E-state index contributed by atoms with van der Waals surface area (Å²) in [6, 6.07) is 17.9. The van der Waals surface area contributed by atoms with Gasteiger partial charge < -0.3 is 0 Å². The fourth-order valence-corrected chi connectivity index (χ4v) is 3.29. The van der Waals surface area contributed by atoms with E-state index >= 15 is 0 Å². The zero-order chi connectivity index (χ0) is 12.1. The molecule has 0 aliphatic carbocycles. The summed E-state index contributed by atoms with van der Waals surface area (Å²) in [5.41, 5.74) is 0. The third-order valence-corrected chi connectivity index (χ3v) is 4.31. The van der Waals surface area contributed by atoms with Crippen LogP contribution in [0.25, 0.3) is 0 Å². The monoisotopic (exact) mass is 292 g/mol. The number of carbonyl (C=O) groups is 1. The van der Waals surface area contributed by atoms with Crippen LogP contribution in [0.1, 0.15) is 6.92 Å². The Balaban J connectivity index is 2.23. The molecule has 2 nitrogen and oxygen atoms in total. The van der Waals surface area contributed by atoms with Gasteiger partial charge in [-0.1, -0.05) is 0 Å². The predicted octanol–water partition coefficient (Wildman–Crippen LogP) is 1.27. The number of para-hydroxylation sites is 1. The number of esters is 1. The van der Waals surface area contributed by atoms with E-state index in [1.807, 2.05) is 42.5 Å². The van der Waals surface area contributed by atoms with E-state index in [1.165, 1.54) is 11.4 Å². The zero-order valence-electron chi connectivity index (χ0n) is 9.42. The molecule has 0 heterocycles. The van der Waals surface area contributed by atoms with Gasteiger partial charge in [-0.25, -0.2) is 0 Å². The summed E-state index contributed by atoms with van der Waals surface area (Å²) < 4.78 is 7.54. The third kappa shape index (κ3) is 3.45. The number of carbonyl (C=O) groups excluding carboxylic acids is 1. The van der Waals surface area contributed by atoms with Gasteiger partial charge in [-0.2, -0.15) is 0 Å². The molecule has 0 saturated heterocycles. The molecule has 2 aromatic rings. The summed E-state index contributed by atoms with van der Waals surface area (Å²) in [6.45, 7) is 1.42. The Kier molecular flexibility index (Phi) is 3.97. The molecule has 0 amide bonds. The molecular weight excluding hydrogens is 279 g/mol. The van der Waals surface area contributed by atoms with E-state index in [2.05, 4.69) is 12.1 Å². The second kappa shape index (κ2) is 5.67. The average molecular weight is 291 g/mol. The summed E-state index contributed by atoms with van der Waals surface area (Å²) in [6.07, 6.45) is 0. The van der Waals surface area contributed by atoms with Crippen LogP contribution in [0.3, 0.4) is 0 Å². The molecule has 0 saturated carbocycles. The molecular formula is C14H12O2Se. The van der Waals surface area contributed by atoms with E-state index in [0.29, 0.717) is 5.75 Å². The predicted molar refractivity (Wildman–Crippen MR) is 69.2 cm³/mol. The van der Waals surface area contributed by atoms with Crippen molar-refractivity contribution in [3.8, 4) is 5.75 Å². The second-order valence-electron chi connectivity index (χ2n) is 3.46. The second-order valence-corrected chi connectivity index (χ2v) is 5.80. The molecule has 0 N–H and O–H groups in total. The van der Waals surface area contributed by atoms with Crippen molar-refractivity contribution >= 4 is 29.8 Å². The summed E-state index contributed by atoms with van der Waals surface area (Å²) in [5.74, 6) is 0.394. The first kappa shape index (κ1) is 11.9. The maximum absolute atomic E-state index is 11.0. The molecule has 3 heteroatoms. The van der Waals surface area contributed by atoms with Crippen LogP contribution < -0.4 is 13.7 Å². The van der Waals surface area contributed by atoms with Gasteiger partial charge in [0.15, 0.2) is 0 Å². The minimum absolute atomic E-state index is 0.160. The Morgan fingerprint density at radius 3 is 2.35 bits per heavy atom. The van der Waals surface area contributed by atoms with Crippen LogP contribution in [-0.2, 0) is 4.79 Å². The van der Waals surface area contributed by atoms with E-state index < -0.39 is 0 Å². The van der Waals surface area contributed by atoms with Gasteiger partial charge >= 0.3 is 107 Å². The molecule has 17 heavy (non-hydrogen) atoms. The topological polar surface area (TPSA) is 26.3 Å². The van der Waals surface area contributed by atoms with Gasteiger partial charge in [0.2, 0.25) is 0 Å². The third-order valence-electron chi connectivity index (χ3n) is 2.07.